The molecule has 0 aliphatic heterocycles. The highest BCUT2D eigenvalue weighted by Gasteiger charge is 2.15. The van der Waals surface area contributed by atoms with Crippen LogP contribution in [0.1, 0.15) is 30.6 Å². The predicted octanol–water partition coefficient (Wildman–Crippen LogP) is -0.223. The van der Waals surface area contributed by atoms with E-state index in [1.165, 1.54) is 7.05 Å². The number of carbonyl (C=O) groups excluding carboxylic acids is 1. The number of hydrogen-bond donors (Lipinski definition) is 1. The second-order valence-electron chi connectivity index (χ2n) is 2.79. The highest BCUT2D eigenvalue weighted by atomic mass is 16.4. The summed E-state index contributed by atoms with van der Waals surface area (Å²) in [5.74, 6) is -1.33. The Hall–Kier alpha value is -1.59. The van der Waals surface area contributed by atoms with Crippen LogP contribution in [0.15, 0.2) is 9.21 Å². The maximum absolute atomic E-state index is 11.1. The predicted molar refractivity (Wildman–Crippen MR) is 44.5 cm³/mol. The number of nitrogens with one attached hydrogen (secondary N) is 1. The van der Waals surface area contributed by atoms with Crippen molar-refractivity contribution in [3.63, 3.8) is 0 Å². The molecule has 0 atom stereocenters. The van der Waals surface area contributed by atoms with Crippen molar-refractivity contribution >= 4 is 5.91 Å². The third kappa shape index (κ3) is 1.77. The van der Waals surface area contributed by atoms with Gasteiger partial charge in [0, 0.05) is 7.05 Å². The van der Waals surface area contributed by atoms with E-state index in [2.05, 4.69) is 14.8 Å². The Balaban J connectivity index is 3.09. The Morgan fingerprint density at radius 2 is 2.23 bits per heavy atom. The SMILES string of the molecule is CNC(=O)c1nn(C(C)C)c(=O)o1. The van der Waals surface area contributed by atoms with Crippen molar-refractivity contribution in [2.45, 2.75) is 19.9 Å². The summed E-state index contributed by atoms with van der Waals surface area (Å²) >= 11 is 0. The maximum Gasteiger partial charge on any atom is 0.437 e. The minimum absolute atomic E-state index is 0.116. The number of carbonyl (C=O) groups is 1. The zero-order chi connectivity index (χ0) is 10.0. The minimum atomic E-state index is -0.617. The Morgan fingerprint density at radius 3 is 2.62 bits per heavy atom. The van der Waals surface area contributed by atoms with E-state index in [0.717, 1.165) is 4.68 Å². The summed E-state index contributed by atoms with van der Waals surface area (Å²) in [5.41, 5.74) is 0. The van der Waals surface area contributed by atoms with E-state index < -0.39 is 11.7 Å². The van der Waals surface area contributed by atoms with E-state index >= 15 is 0 Å². The van der Waals surface area contributed by atoms with Crippen LogP contribution in [0.2, 0.25) is 0 Å². The van der Waals surface area contributed by atoms with Gasteiger partial charge in [0.15, 0.2) is 0 Å². The van der Waals surface area contributed by atoms with E-state index in [9.17, 15) is 9.59 Å². The summed E-state index contributed by atoms with van der Waals surface area (Å²) in [6, 6.07) is -0.116. The maximum atomic E-state index is 11.1. The number of nitrogens with zero attached hydrogens (tertiary/aromatic N) is 2. The molecular weight excluding hydrogens is 174 g/mol. The molecular formula is C7H11N3O3. The van der Waals surface area contributed by atoms with Gasteiger partial charge in [-0.05, 0) is 13.8 Å². The number of amides is 1. The Bertz CT molecular complexity index is 363. The van der Waals surface area contributed by atoms with E-state index in [1.54, 1.807) is 13.8 Å². The molecule has 1 aromatic heterocycles. The van der Waals surface area contributed by atoms with Gasteiger partial charge in [0.1, 0.15) is 0 Å². The summed E-state index contributed by atoms with van der Waals surface area (Å²) in [7, 11) is 1.44. The van der Waals surface area contributed by atoms with Crippen molar-refractivity contribution in [2.24, 2.45) is 0 Å². The smallest absolute Gasteiger partial charge is 0.382 e. The second kappa shape index (κ2) is 3.42. The lowest BCUT2D eigenvalue weighted by Crippen LogP contribution is -2.19. The summed E-state index contributed by atoms with van der Waals surface area (Å²) < 4.78 is 5.73. The molecule has 0 unspecified atom stereocenters. The van der Waals surface area contributed by atoms with Crippen LogP contribution in [0.4, 0.5) is 0 Å². The second-order valence-corrected chi connectivity index (χ2v) is 2.79. The molecule has 13 heavy (non-hydrogen) atoms. The Labute approximate surface area is 74.5 Å². The summed E-state index contributed by atoms with van der Waals surface area (Å²) in [6.45, 7) is 3.55. The average molecular weight is 185 g/mol. The first kappa shape index (κ1) is 9.50. The highest BCUT2D eigenvalue weighted by Crippen LogP contribution is 1.98. The fourth-order valence-corrected chi connectivity index (χ4v) is 0.814. The molecule has 1 rings (SSSR count). The fraction of sp³-hybridized carbons (Fsp3) is 0.571. The van der Waals surface area contributed by atoms with Gasteiger partial charge in [-0.3, -0.25) is 4.79 Å². The summed E-state index contributed by atoms with van der Waals surface area (Å²) in [5, 5.41) is 6.02. The van der Waals surface area contributed by atoms with E-state index in [4.69, 9.17) is 0 Å². The van der Waals surface area contributed by atoms with Crippen LogP contribution in [0.5, 0.6) is 0 Å². The average Bonchev–Trinajstić information content (AvgIpc) is 2.46. The van der Waals surface area contributed by atoms with E-state index in [0.29, 0.717) is 0 Å². The van der Waals surface area contributed by atoms with Crippen LogP contribution in [0, 0.1) is 0 Å². The summed E-state index contributed by atoms with van der Waals surface area (Å²) in [6.07, 6.45) is 0. The Kier molecular flexibility index (Phi) is 2.50. The van der Waals surface area contributed by atoms with Crippen LogP contribution in [0.3, 0.4) is 0 Å². The van der Waals surface area contributed by atoms with Gasteiger partial charge in [0.25, 0.3) is 0 Å². The van der Waals surface area contributed by atoms with Crippen molar-refractivity contribution in [2.75, 3.05) is 7.05 Å². The molecule has 0 radical (unpaired) electrons. The molecule has 0 spiro atoms. The van der Waals surface area contributed by atoms with Crippen LogP contribution in [-0.2, 0) is 0 Å². The lowest BCUT2D eigenvalue weighted by atomic mass is 10.4. The van der Waals surface area contributed by atoms with Crippen molar-refractivity contribution in [3.8, 4) is 0 Å². The fourth-order valence-electron chi connectivity index (χ4n) is 0.814. The topological polar surface area (TPSA) is 77.1 Å². The molecule has 6 nitrogen and oxygen atoms in total. The zero-order valence-electron chi connectivity index (χ0n) is 7.70. The van der Waals surface area contributed by atoms with Crippen LogP contribution in [0.25, 0.3) is 0 Å². The molecule has 1 amide bonds. The van der Waals surface area contributed by atoms with Gasteiger partial charge >= 0.3 is 17.6 Å². The molecule has 1 aromatic rings. The lowest BCUT2D eigenvalue weighted by molar-refractivity contribution is 0.0927. The molecule has 1 heterocycles. The molecule has 0 saturated carbocycles. The molecule has 72 valence electrons. The van der Waals surface area contributed by atoms with Gasteiger partial charge in [0.05, 0.1) is 6.04 Å². The minimum Gasteiger partial charge on any atom is -0.382 e. The van der Waals surface area contributed by atoms with Crippen molar-refractivity contribution < 1.29 is 9.21 Å². The van der Waals surface area contributed by atoms with Crippen molar-refractivity contribution in [3.05, 3.63) is 16.4 Å². The first-order chi connectivity index (χ1) is 6.06. The van der Waals surface area contributed by atoms with Gasteiger partial charge in [-0.25, -0.2) is 4.79 Å². The number of rotatable bonds is 2. The van der Waals surface area contributed by atoms with Crippen LogP contribution < -0.4 is 11.1 Å². The molecule has 0 aliphatic rings. The molecule has 0 aliphatic carbocycles. The molecule has 0 saturated heterocycles. The first-order valence-corrected chi connectivity index (χ1v) is 3.88. The molecule has 0 bridgehead atoms. The Morgan fingerprint density at radius 1 is 1.62 bits per heavy atom. The number of aromatic nitrogens is 2. The van der Waals surface area contributed by atoms with Gasteiger partial charge in [0.2, 0.25) is 0 Å². The third-order valence-electron chi connectivity index (χ3n) is 1.48. The van der Waals surface area contributed by atoms with Gasteiger partial charge in [-0.2, -0.15) is 4.68 Å². The normalized spacial score (nSPS) is 10.5. The first-order valence-electron chi connectivity index (χ1n) is 3.88. The van der Waals surface area contributed by atoms with Crippen molar-refractivity contribution in [1.82, 2.24) is 15.1 Å². The van der Waals surface area contributed by atoms with Gasteiger partial charge < -0.3 is 9.73 Å². The van der Waals surface area contributed by atoms with Crippen LogP contribution >= 0.6 is 0 Å². The lowest BCUT2D eigenvalue weighted by Gasteiger charge is -1.98. The zero-order valence-corrected chi connectivity index (χ0v) is 7.70. The van der Waals surface area contributed by atoms with E-state index in [1.807, 2.05) is 0 Å². The molecule has 0 aromatic carbocycles. The monoisotopic (exact) mass is 185 g/mol. The van der Waals surface area contributed by atoms with Crippen LogP contribution in [-0.4, -0.2) is 22.7 Å². The molecule has 0 fully saturated rings. The quantitative estimate of drug-likeness (QED) is 0.690. The van der Waals surface area contributed by atoms with E-state index in [-0.39, 0.29) is 11.9 Å². The summed E-state index contributed by atoms with van der Waals surface area (Å²) in [4.78, 5) is 22.0. The molecule has 6 heteroatoms. The van der Waals surface area contributed by atoms with Gasteiger partial charge in [-0.1, -0.05) is 0 Å². The standard InChI is InChI=1S/C7H11N3O3/c1-4(2)10-7(12)13-6(9-10)5(11)8-3/h4H,1-3H3,(H,8,11). The number of hydrogen-bond acceptors (Lipinski definition) is 4. The van der Waals surface area contributed by atoms with Gasteiger partial charge in [-0.15, -0.1) is 5.10 Å². The largest absolute Gasteiger partial charge is 0.437 e. The third-order valence-corrected chi connectivity index (χ3v) is 1.48. The highest BCUT2D eigenvalue weighted by molar-refractivity contribution is 5.88. The van der Waals surface area contributed by atoms with Crippen molar-refractivity contribution in [1.29, 1.82) is 0 Å². The molecule has 1 N–H and O–H groups in total.